The number of phenolic OH excluding ortho intramolecular Hbond substituents is 1. The second kappa shape index (κ2) is 3.56. The first-order valence-corrected chi connectivity index (χ1v) is 4.54. The van der Waals surface area contributed by atoms with Gasteiger partial charge in [-0.15, -0.1) is 0 Å². The molecule has 0 aromatic heterocycles. The van der Waals surface area contributed by atoms with E-state index in [9.17, 15) is 13.9 Å². The highest BCUT2D eigenvalue weighted by molar-refractivity contribution is 5.47. The predicted octanol–water partition coefficient (Wildman–Crippen LogP) is 3.41. The summed E-state index contributed by atoms with van der Waals surface area (Å²) >= 11 is 0. The molecule has 1 aromatic rings. The van der Waals surface area contributed by atoms with Gasteiger partial charge in [-0.25, -0.2) is 8.78 Å². The van der Waals surface area contributed by atoms with Gasteiger partial charge in [0.15, 0.2) is 11.6 Å². The maximum Gasteiger partial charge on any atom is 0.166 e. The molecule has 0 radical (unpaired) electrons. The molecule has 3 heteroatoms. The lowest BCUT2D eigenvalue weighted by atomic mass is 9.95. The van der Waals surface area contributed by atoms with Gasteiger partial charge in [0.05, 0.1) is 0 Å². The molecule has 1 rings (SSSR count). The van der Waals surface area contributed by atoms with Gasteiger partial charge in [0, 0.05) is 5.56 Å². The molecule has 1 N–H and O–H groups in total. The zero-order valence-electron chi connectivity index (χ0n) is 8.78. The Hall–Kier alpha value is -1.12. The summed E-state index contributed by atoms with van der Waals surface area (Å²) in [6, 6.07) is 0. The molecule has 14 heavy (non-hydrogen) atoms. The van der Waals surface area contributed by atoms with E-state index >= 15 is 0 Å². The van der Waals surface area contributed by atoms with Crippen molar-refractivity contribution in [3.05, 3.63) is 28.3 Å². The van der Waals surface area contributed by atoms with E-state index in [0.717, 1.165) is 0 Å². The molecule has 0 heterocycles. The van der Waals surface area contributed by atoms with Crippen LogP contribution in [0.1, 0.15) is 36.5 Å². The maximum atomic E-state index is 13.4. The van der Waals surface area contributed by atoms with E-state index in [1.54, 1.807) is 20.8 Å². The molecule has 0 aliphatic heterocycles. The first-order valence-electron chi connectivity index (χ1n) is 4.54. The number of benzene rings is 1. The highest BCUT2D eigenvalue weighted by Gasteiger charge is 2.21. The van der Waals surface area contributed by atoms with Gasteiger partial charge in [0.25, 0.3) is 0 Å². The van der Waals surface area contributed by atoms with E-state index in [-0.39, 0.29) is 22.8 Å². The van der Waals surface area contributed by atoms with Gasteiger partial charge in [-0.2, -0.15) is 0 Å². The highest BCUT2D eigenvalue weighted by Crippen LogP contribution is 2.35. The monoisotopic (exact) mass is 200 g/mol. The van der Waals surface area contributed by atoms with Crippen molar-refractivity contribution >= 4 is 0 Å². The Labute approximate surface area is 82.4 Å². The first-order chi connectivity index (χ1) is 6.37. The standard InChI is InChI=1S/C11H14F2O/c1-5(2)8-10(13)9(12)6(3)7(4)11(8)14/h5,14H,1-4H3. The summed E-state index contributed by atoms with van der Waals surface area (Å²) in [5, 5.41) is 9.65. The topological polar surface area (TPSA) is 20.2 Å². The van der Waals surface area contributed by atoms with E-state index in [0.29, 0.717) is 5.56 Å². The highest BCUT2D eigenvalue weighted by atomic mass is 19.2. The normalized spacial score (nSPS) is 11.1. The second-order valence-electron chi connectivity index (χ2n) is 3.79. The number of aromatic hydroxyl groups is 1. The third-order valence-corrected chi connectivity index (χ3v) is 2.51. The van der Waals surface area contributed by atoms with Crippen LogP contribution in [-0.2, 0) is 0 Å². The Morgan fingerprint density at radius 2 is 1.50 bits per heavy atom. The summed E-state index contributed by atoms with van der Waals surface area (Å²) in [5.41, 5.74) is 0.641. The van der Waals surface area contributed by atoms with Gasteiger partial charge in [-0.05, 0) is 30.9 Å². The van der Waals surface area contributed by atoms with Gasteiger partial charge in [0.1, 0.15) is 5.75 Å². The second-order valence-corrected chi connectivity index (χ2v) is 3.79. The molecule has 0 unspecified atom stereocenters. The van der Waals surface area contributed by atoms with Gasteiger partial charge in [0.2, 0.25) is 0 Å². The molecule has 0 spiro atoms. The van der Waals surface area contributed by atoms with Crippen LogP contribution >= 0.6 is 0 Å². The number of hydrogen-bond donors (Lipinski definition) is 1. The van der Waals surface area contributed by atoms with Crippen molar-refractivity contribution in [2.24, 2.45) is 0 Å². The molecular formula is C11H14F2O. The van der Waals surface area contributed by atoms with Gasteiger partial charge >= 0.3 is 0 Å². The van der Waals surface area contributed by atoms with Crippen LogP contribution < -0.4 is 0 Å². The zero-order valence-corrected chi connectivity index (χ0v) is 8.78. The minimum atomic E-state index is -0.930. The van der Waals surface area contributed by atoms with Crippen LogP contribution in [0.2, 0.25) is 0 Å². The Bertz CT molecular complexity index is 341. The lowest BCUT2D eigenvalue weighted by Gasteiger charge is -2.14. The molecule has 1 aromatic carbocycles. The third kappa shape index (κ3) is 1.47. The maximum absolute atomic E-state index is 13.4. The lowest BCUT2D eigenvalue weighted by molar-refractivity contribution is 0.429. The molecule has 0 atom stereocenters. The summed E-state index contributed by atoms with van der Waals surface area (Å²) < 4.78 is 26.7. The Kier molecular flexibility index (Phi) is 2.79. The van der Waals surface area contributed by atoms with E-state index in [2.05, 4.69) is 0 Å². The molecule has 0 fully saturated rings. The van der Waals surface area contributed by atoms with E-state index in [1.807, 2.05) is 0 Å². The van der Waals surface area contributed by atoms with E-state index in [4.69, 9.17) is 0 Å². The largest absolute Gasteiger partial charge is 0.507 e. The number of rotatable bonds is 1. The first kappa shape index (κ1) is 11.0. The van der Waals surface area contributed by atoms with Crippen molar-refractivity contribution in [1.82, 2.24) is 0 Å². The minimum absolute atomic E-state index is 0.0607. The van der Waals surface area contributed by atoms with Crippen LogP contribution in [0.25, 0.3) is 0 Å². The molecule has 0 aliphatic rings. The van der Waals surface area contributed by atoms with Gasteiger partial charge < -0.3 is 5.11 Å². The predicted molar refractivity (Wildman–Crippen MR) is 51.6 cm³/mol. The molecule has 78 valence electrons. The molecule has 0 saturated heterocycles. The van der Waals surface area contributed by atoms with Crippen molar-refractivity contribution in [1.29, 1.82) is 0 Å². The van der Waals surface area contributed by atoms with Crippen molar-refractivity contribution < 1.29 is 13.9 Å². The Morgan fingerprint density at radius 3 is 1.93 bits per heavy atom. The fourth-order valence-corrected chi connectivity index (χ4v) is 1.46. The average Bonchev–Trinajstić information content (AvgIpc) is 2.11. The van der Waals surface area contributed by atoms with Crippen LogP contribution in [0.15, 0.2) is 0 Å². The molecular weight excluding hydrogens is 186 g/mol. The summed E-state index contributed by atoms with van der Waals surface area (Å²) in [6.07, 6.45) is 0. The van der Waals surface area contributed by atoms with E-state index < -0.39 is 11.6 Å². The fourth-order valence-electron chi connectivity index (χ4n) is 1.46. The molecule has 0 bridgehead atoms. The van der Waals surface area contributed by atoms with Crippen molar-refractivity contribution in [2.75, 3.05) is 0 Å². The SMILES string of the molecule is Cc1c(C)c(F)c(F)c(C(C)C)c1O. The van der Waals surface area contributed by atoms with Gasteiger partial charge in [-0.3, -0.25) is 0 Å². The molecule has 0 amide bonds. The smallest absolute Gasteiger partial charge is 0.166 e. The zero-order chi connectivity index (χ0) is 11.0. The third-order valence-electron chi connectivity index (χ3n) is 2.51. The molecule has 0 aliphatic carbocycles. The fraction of sp³-hybridized carbons (Fsp3) is 0.455. The van der Waals surface area contributed by atoms with Crippen LogP contribution in [0.4, 0.5) is 8.78 Å². The van der Waals surface area contributed by atoms with Crippen LogP contribution in [-0.4, -0.2) is 5.11 Å². The number of phenols is 1. The van der Waals surface area contributed by atoms with Crippen LogP contribution in [0.3, 0.4) is 0 Å². The number of hydrogen-bond acceptors (Lipinski definition) is 1. The van der Waals surface area contributed by atoms with Crippen molar-refractivity contribution in [3.8, 4) is 5.75 Å². The minimum Gasteiger partial charge on any atom is -0.507 e. The van der Waals surface area contributed by atoms with E-state index in [1.165, 1.54) is 6.92 Å². The molecule has 0 saturated carbocycles. The average molecular weight is 200 g/mol. The summed E-state index contributed by atoms with van der Waals surface area (Å²) in [6.45, 7) is 6.47. The quantitative estimate of drug-likeness (QED) is 0.736. The van der Waals surface area contributed by atoms with Gasteiger partial charge in [-0.1, -0.05) is 13.8 Å². The number of halogens is 2. The van der Waals surface area contributed by atoms with Crippen LogP contribution in [0.5, 0.6) is 5.75 Å². The summed E-state index contributed by atoms with van der Waals surface area (Å²) in [7, 11) is 0. The Morgan fingerprint density at radius 1 is 1.00 bits per heavy atom. The van der Waals surface area contributed by atoms with Crippen molar-refractivity contribution in [2.45, 2.75) is 33.6 Å². The summed E-state index contributed by atoms with van der Waals surface area (Å²) in [5.74, 6) is -2.15. The molecule has 1 nitrogen and oxygen atoms in total. The van der Waals surface area contributed by atoms with Crippen LogP contribution in [0, 0.1) is 25.5 Å². The van der Waals surface area contributed by atoms with Crippen molar-refractivity contribution in [3.63, 3.8) is 0 Å². The summed E-state index contributed by atoms with van der Waals surface area (Å²) in [4.78, 5) is 0. The lowest BCUT2D eigenvalue weighted by Crippen LogP contribution is -2.02. The Balaban J connectivity index is 3.60.